The van der Waals surface area contributed by atoms with Gasteiger partial charge in [0, 0.05) is 34.1 Å². The number of anilines is 2. The van der Waals surface area contributed by atoms with Gasteiger partial charge in [0.1, 0.15) is 0 Å². The Kier molecular flexibility index (Phi) is 6.51. The Morgan fingerprint density at radius 1 is 0.829 bits per heavy atom. The van der Waals surface area contributed by atoms with E-state index < -0.39 is 35.5 Å². The molecule has 3 aromatic rings. The number of carbonyl (C=O) groups is 5. The van der Waals surface area contributed by atoms with Crippen LogP contribution in [0.4, 0.5) is 11.4 Å². The van der Waals surface area contributed by atoms with Crippen molar-refractivity contribution >= 4 is 46.1 Å². The first-order valence-corrected chi connectivity index (χ1v) is 10.9. The molecule has 0 radical (unpaired) electrons. The third kappa shape index (κ3) is 5.14. The summed E-state index contributed by atoms with van der Waals surface area (Å²) in [5.41, 5.74) is 4.55. The van der Waals surface area contributed by atoms with Crippen LogP contribution in [0.15, 0.2) is 72.8 Å². The fourth-order valence-corrected chi connectivity index (χ4v) is 3.71. The highest BCUT2D eigenvalue weighted by molar-refractivity contribution is 6.50. The first-order valence-electron chi connectivity index (χ1n) is 10.9. The summed E-state index contributed by atoms with van der Waals surface area (Å²) < 4.78 is 0. The van der Waals surface area contributed by atoms with Crippen molar-refractivity contribution in [2.24, 2.45) is 0 Å². The average Bonchev–Trinajstić information content (AvgIpc) is 2.85. The van der Waals surface area contributed by atoms with Gasteiger partial charge in [0.2, 0.25) is 17.3 Å². The van der Waals surface area contributed by atoms with E-state index in [9.17, 15) is 24.0 Å². The highest BCUT2D eigenvalue weighted by atomic mass is 16.2. The number of allylic oxidation sites excluding steroid dienone is 1. The van der Waals surface area contributed by atoms with E-state index in [0.29, 0.717) is 28.2 Å². The standard InChI is InChI=1S/C28H22N2O5/c1-16-7-8-17(2)22(13-16)30-28(35)26(33)15-24(31)18-9-11-19(12-10-18)29-23-14-25(32)27(34)21-6-4-3-5-20(21)23/h3-14,29H,15H2,1-2H3,(H,30,35). The Morgan fingerprint density at radius 2 is 1.51 bits per heavy atom. The van der Waals surface area contributed by atoms with Crippen molar-refractivity contribution < 1.29 is 24.0 Å². The van der Waals surface area contributed by atoms with E-state index in [2.05, 4.69) is 10.6 Å². The summed E-state index contributed by atoms with van der Waals surface area (Å²) in [4.78, 5) is 61.3. The number of carbonyl (C=O) groups excluding carboxylic acids is 5. The molecule has 0 saturated carbocycles. The van der Waals surface area contributed by atoms with Crippen molar-refractivity contribution in [3.8, 4) is 0 Å². The summed E-state index contributed by atoms with van der Waals surface area (Å²) in [6.45, 7) is 3.69. The zero-order chi connectivity index (χ0) is 25.1. The molecule has 0 aliphatic heterocycles. The van der Waals surface area contributed by atoms with Crippen molar-refractivity contribution in [3.05, 3.63) is 101 Å². The number of Topliss-reactive ketones (excluding diaryl/α,β-unsaturated/α-hetero) is 3. The Hall–Kier alpha value is -4.65. The van der Waals surface area contributed by atoms with E-state index in [1.807, 2.05) is 26.0 Å². The van der Waals surface area contributed by atoms with E-state index in [0.717, 1.165) is 11.1 Å². The maximum Gasteiger partial charge on any atom is 0.292 e. The van der Waals surface area contributed by atoms with Crippen LogP contribution < -0.4 is 10.6 Å². The molecule has 0 atom stereocenters. The van der Waals surface area contributed by atoms with Gasteiger partial charge in [-0.15, -0.1) is 0 Å². The Morgan fingerprint density at radius 3 is 2.23 bits per heavy atom. The van der Waals surface area contributed by atoms with Crippen LogP contribution in [0.1, 0.15) is 43.8 Å². The molecule has 0 unspecified atom stereocenters. The van der Waals surface area contributed by atoms with Crippen molar-refractivity contribution in [1.82, 2.24) is 0 Å². The zero-order valence-corrected chi connectivity index (χ0v) is 19.2. The minimum atomic E-state index is -0.840. The number of fused-ring (bicyclic) bond motifs is 1. The second kappa shape index (κ2) is 9.69. The van der Waals surface area contributed by atoms with Crippen LogP contribution in [-0.2, 0) is 14.4 Å². The van der Waals surface area contributed by atoms with Crippen LogP contribution >= 0.6 is 0 Å². The predicted molar refractivity (Wildman–Crippen MR) is 132 cm³/mol. The molecule has 35 heavy (non-hydrogen) atoms. The maximum atomic E-state index is 12.6. The lowest BCUT2D eigenvalue weighted by molar-refractivity contribution is -0.134. The Bertz CT molecular complexity index is 1420. The number of ketones is 4. The molecular weight excluding hydrogens is 444 g/mol. The predicted octanol–water partition coefficient (Wildman–Crippen LogP) is 4.30. The van der Waals surface area contributed by atoms with Gasteiger partial charge in [-0.2, -0.15) is 0 Å². The number of amides is 1. The third-order valence-electron chi connectivity index (χ3n) is 5.66. The molecule has 1 aliphatic rings. The molecule has 0 bridgehead atoms. The molecule has 7 heteroatoms. The van der Waals surface area contributed by atoms with Crippen molar-refractivity contribution in [1.29, 1.82) is 0 Å². The smallest absolute Gasteiger partial charge is 0.292 e. The first-order chi connectivity index (χ1) is 16.7. The zero-order valence-electron chi connectivity index (χ0n) is 19.2. The molecule has 1 aliphatic carbocycles. The monoisotopic (exact) mass is 466 g/mol. The van der Waals surface area contributed by atoms with E-state index in [1.54, 1.807) is 42.5 Å². The topological polar surface area (TPSA) is 109 Å². The minimum Gasteiger partial charge on any atom is -0.355 e. The molecule has 2 N–H and O–H groups in total. The van der Waals surface area contributed by atoms with Gasteiger partial charge in [0.15, 0.2) is 5.78 Å². The van der Waals surface area contributed by atoms with E-state index in [1.165, 1.54) is 18.2 Å². The molecule has 0 aromatic heterocycles. The lowest BCUT2D eigenvalue weighted by Gasteiger charge is -2.18. The SMILES string of the molecule is Cc1ccc(C)c(NC(=O)C(=O)CC(=O)c2ccc(NC3=CC(=O)C(=O)c4ccccc43)cc2)c1. The number of hydrogen-bond donors (Lipinski definition) is 2. The molecular formula is C28H22N2O5. The third-order valence-corrected chi connectivity index (χ3v) is 5.66. The number of nitrogens with one attached hydrogen (secondary N) is 2. The van der Waals surface area contributed by atoms with Gasteiger partial charge in [0.25, 0.3) is 5.91 Å². The lowest BCUT2D eigenvalue weighted by Crippen LogP contribution is -2.25. The van der Waals surface area contributed by atoms with E-state index in [4.69, 9.17) is 0 Å². The summed E-state index contributed by atoms with van der Waals surface area (Å²) >= 11 is 0. The highest BCUT2D eigenvalue weighted by Gasteiger charge is 2.25. The molecule has 0 heterocycles. The van der Waals surface area contributed by atoms with Crippen LogP contribution in [0.5, 0.6) is 0 Å². The summed E-state index contributed by atoms with van der Waals surface area (Å²) in [6.07, 6.45) is 0.690. The Balaban J connectivity index is 1.41. The second-order valence-electron chi connectivity index (χ2n) is 8.29. The molecule has 4 rings (SSSR count). The fraction of sp³-hybridized carbons (Fsp3) is 0.107. The largest absolute Gasteiger partial charge is 0.355 e. The normalized spacial score (nSPS) is 12.5. The van der Waals surface area contributed by atoms with E-state index >= 15 is 0 Å². The van der Waals surface area contributed by atoms with Crippen molar-refractivity contribution in [2.75, 3.05) is 10.6 Å². The summed E-state index contributed by atoms with van der Waals surface area (Å²) in [7, 11) is 0. The molecule has 7 nitrogen and oxygen atoms in total. The maximum absolute atomic E-state index is 12.6. The molecule has 174 valence electrons. The van der Waals surface area contributed by atoms with Crippen LogP contribution in [-0.4, -0.2) is 29.0 Å². The number of benzene rings is 3. The number of hydrogen-bond acceptors (Lipinski definition) is 6. The van der Waals surface area contributed by atoms with Crippen LogP contribution in [0.3, 0.4) is 0 Å². The average molecular weight is 466 g/mol. The summed E-state index contributed by atoms with van der Waals surface area (Å²) in [5.74, 6) is -3.33. The quantitative estimate of drug-likeness (QED) is 0.305. The van der Waals surface area contributed by atoms with Gasteiger partial charge in [-0.05, 0) is 55.3 Å². The van der Waals surface area contributed by atoms with Gasteiger partial charge in [-0.1, -0.05) is 36.4 Å². The van der Waals surface area contributed by atoms with Crippen molar-refractivity contribution in [2.45, 2.75) is 20.3 Å². The fourth-order valence-electron chi connectivity index (χ4n) is 3.71. The Labute approximate surface area is 201 Å². The van der Waals surface area contributed by atoms with Gasteiger partial charge in [-0.25, -0.2) is 0 Å². The van der Waals surface area contributed by atoms with Gasteiger partial charge < -0.3 is 10.6 Å². The lowest BCUT2D eigenvalue weighted by atomic mass is 9.92. The van der Waals surface area contributed by atoms with Gasteiger partial charge in [0.05, 0.1) is 12.1 Å². The molecule has 3 aromatic carbocycles. The molecule has 0 saturated heterocycles. The molecule has 1 amide bonds. The van der Waals surface area contributed by atoms with Gasteiger partial charge in [-0.3, -0.25) is 24.0 Å². The van der Waals surface area contributed by atoms with Crippen LogP contribution in [0.2, 0.25) is 0 Å². The number of rotatable bonds is 7. The first kappa shape index (κ1) is 23.5. The van der Waals surface area contributed by atoms with Crippen molar-refractivity contribution in [3.63, 3.8) is 0 Å². The van der Waals surface area contributed by atoms with Crippen LogP contribution in [0, 0.1) is 13.8 Å². The number of aryl methyl sites for hydroxylation is 2. The highest BCUT2D eigenvalue weighted by Crippen LogP contribution is 2.26. The summed E-state index contributed by atoms with van der Waals surface area (Å²) in [6, 6.07) is 18.6. The van der Waals surface area contributed by atoms with Crippen LogP contribution in [0.25, 0.3) is 5.70 Å². The molecule has 0 fully saturated rings. The minimum absolute atomic E-state index is 0.271. The second-order valence-corrected chi connectivity index (χ2v) is 8.29. The summed E-state index contributed by atoms with van der Waals surface area (Å²) in [5, 5.41) is 5.66. The van der Waals surface area contributed by atoms with Gasteiger partial charge >= 0.3 is 0 Å². The van der Waals surface area contributed by atoms with E-state index in [-0.39, 0.29) is 5.56 Å². The molecule has 0 spiro atoms.